The third-order valence-corrected chi connectivity index (χ3v) is 13.9. The van der Waals surface area contributed by atoms with Gasteiger partial charge in [0.25, 0.3) is 0 Å². The van der Waals surface area contributed by atoms with E-state index in [1.807, 2.05) is 6.20 Å². The smallest absolute Gasteiger partial charge is 0.135 e. The minimum atomic E-state index is -1.57. The van der Waals surface area contributed by atoms with Gasteiger partial charge in [0.15, 0.2) is 0 Å². The number of hydrogen-bond donors (Lipinski definition) is 0. The summed E-state index contributed by atoms with van der Waals surface area (Å²) in [5.41, 5.74) is 13.0. The summed E-state index contributed by atoms with van der Waals surface area (Å²) in [6.07, 6.45) is 1.97. The van der Waals surface area contributed by atoms with Gasteiger partial charge < -0.3 is 14.4 Å². The van der Waals surface area contributed by atoms with Crippen LogP contribution in [0.25, 0.3) is 49.9 Å². The van der Waals surface area contributed by atoms with Gasteiger partial charge in [-0.25, -0.2) is 4.98 Å². The molecule has 0 aliphatic carbocycles. The molecular formula is C54H45N4PtSi-3. The Bertz CT molecular complexity index is 2950. The molecule has 4 nitrogen and oxygen atoms in total. The predicted molar refractivity (Wildman–Crippen MR) is 250 cm³/mol. The maximum absolute atomic E-state index is 4.94. The van der Waals surface area contributed by atoms with Crippen molar-refractivity contribution in [3.8, 4) is 28.1 Å². The minimum absolute atomic E-state index is 0. The Morgan fingerprint density at radius 1 is 0.567 bits per heavy atom. The van der Waals surface area contributed by atoms with Crippen molar-refractivity contribution >= 4 is 57.8 Å². The number of fused-ring (bicyclic) bond motifs is 4. The molecule has 0 spiro atoms. The molecule has 0 saturated carbocycles. The van der Waals surface area contributed by atoms with Crippen LogP contribution in [0.5, 0.6) is 0 Å². The van der Waals surface area contributed by atoms with Crippen LogP contribution in [-0.2, 0) is 26.5 Å². The van der Waals surface area contributed by atoms with Crippen LogP contribution < -0.4 is 15.0 Å². The number of aromatic nitrogens is 2. The first-order valence-corrected chi connectivity index (χ1v) is 23.9. The Balaban J connectivity index is 0.00000462. The van der Waals surface area contributed by atoms with E-state index in [0.29, 0.717) is 0 Å². The zero-order valence-corrected chi connectivity index (χ0v) is 37.7. The number of benzene rings is 7. The van der Waals surface area contributed by atoms with Crippen molar-refractivity contribution in [3.05, 3.63) is 206 Å². The molecule has 0 radical (unpaired) electrons. The second-order valence-electron chi connectivity index (χ2n) is 17.0. The Morgan fingerprint density at radius 3 is 1.85 bits per heavy atom. The van der Waals surface area contributed by atoms with E-state index in [1.54, 1.807) is 0 Å². The van der Waals surface area contributed by atoms with Crippen LogP contribution in [0.2, 0.25) is 19.6 Å². The van der Waals surface area contributed by atoms with E-state index in [0.717, 1.165) is 50.7 Å². The maximum Gasteiger partial charge on any atom is 0.135 e. The van der Waals surface area contributed by atoms with Crippen molar-refractivity contribution in [2.45, 2.75) is 38.9 Å². The molecule has 0 bridgehead atoms. The van der Waals surface area contributed by atoms with Gasteiger partial charge in [-0.15, -0.1) is 17.7 Å². The second-order valence-corrected chi connectivity index (χ2v) is 22.1. The Hall–Kier alpha value is -6.00. The van der Waals surface area contributed by atoms with Gasteiger partial charge in [0, 0.05) is 61.0 Å². The third-order valence-electron chi connectivity index (χ3n) is 11.9. The number of rotatable bonds is 8. The summed E-state index contributed by atoms with van der Waals surface area (Å²) in [4.78, 5) is 9.58. The van der Waals surface area contributed by atoms with Crippen LogP contribution in [0.1, 0.15) is 25.0 Å². The minimum Gasteiger partial charge on any atom is -0.493 e. The molecular weight excluding hydrogens is 928 g/mol. The molecule has 298 valence electrons. The Labute approximate surface area is 369 Å². The molecule has 2 aromatic heterocycles. The summed E-state index contributed by atoms with van der Waals surface area (Å²) in [6.45, 7) is 14.0. The van der Waals surface area contributed by atoms with E-state index in [4.69, 9.17) is 4.98 Å². The van der Waals surface area contributed by atoms with Crippen molar-refractivity contribution in [3.63, 3.8) is 0 Å². The average Bonchev–Trinajstić information content (AvgIpc) is 3.82. The second kappa shape index (κ2) is 15.5. The summed E-state index contributed by atoms with van der Waals surface area (Å²) < 4.78 is 2.30. The van der Waals surface area contributed by atoms with Gasteiger partial charge in [-0.2, -0.15) is 53.6 Å². The van der Waals surface area contributed by atoms with Crippen LogP contribution in [0.3, 0.4) is 0 Å². The zero-order chi connectivity index (χ0) is 40.3. The molecule has 9 aromatic rings. The van der Waals surface area contributed by atoms with Crippen LogP contribution in [0.15, 0.2) is 176 Å². The molecule has 60 heavy (non-hydrogen) atoms. The first-order valence-electron chi connectivity index (χ1n) is 20.4. The number of pyridine rings is 1. The van der Waals surface area contributed by atoms with Crippen molar-refractivity contribution in [2.24, 2.45) is 0 Å². The molecule has 0 atom stereocenters. The number of para-hydroxylation sites is 4. The van der Waals surface area contributed by atoms with Gasteiger partial charge in [0.1, 0.15) is 5.82 Å². The summed E-state index contributed by atoms with van der Waals surface area (Å²) >= 11 is 0. The zero-order valence-electron chi connectivity index (χ0n) is 34.4. The van der Waals surface area contributed by atoms with Gasteiger partial charge in [-0.1, -0.05) is 153 Å². The van der Waals surface area contributed by atoms with Crippen molar-refractivity contribution in [2.75, 3.05) is 9.80 Å². The molecule has 3 heterocycles. The van der Waals surface area contributed by atoms with Crippen LogP contribution in [0.4, 0.5) is 22.7 Å². The van der Waals surface area contributed by atoms with Crippen LogP contribution in [0, 0.1) is 18.8 Å². The summed E-state index contributed by atoms with van der Waals surface area (Å²) in [5.74, 6) is 0.938. The first kappa shape index (κ1) is 39.5. The fraction of sp³-hybridized carbons (Fsp3) is 0.111. The molecule has 6 heteroatoms. The summed E-state index contributed by atoms with van der Waals surface area (Å²) in [5, 5.41) is 3.76. The molecule has 10 rings (SSSR count). The summed E-state index contributed by atoms with van der Waals surface area (Å²) in [6, 6.07) is 68.7. The molecule has 0 fully saturated rings. The molecule has 0 saturated heterocycles. The van der Waals surface area contributed by atoms with E-state index in [2.05, 4.69) is 237 Å². The van der Waals surface area contributed by atoms with Gasteiger partial charge in [-0.3, -0.25) is 0 Å². The van der Waals surface area contributed by atoms with Gasteiger partial charge >= 0.3 is 0 Å². The average molecular weight is 973 g/mol. The van der Waals surface area contributed by atoms with Crippen LogP contribution in [-0.4, -0.2) is 17.6 Å². The Morgan fingerprint density at radius 2 is 1.17 bits per heavy atom. The van der Waals surface area contributed by atoms with E-state index >= 15 is 0 Å². The molecule has 0 N–H and O–H groups in total. The molecule has 1 aliphatic heterocycles. The number of anilines is 4. The van der Waals surface area contributed by atoms with Crippen LogP contribution >= 0.6 is 0 Å². The monoisotopic (exact) mass is 972 g/mol. The SMILES string of the molecule is CC(C)(c1[c-]c(N2[CH-]N(c3c(-c4ccccc4)cccc3-c3ccccc3)c3ccccc32)ccc1)c1[c-]c2c(cc1)c1ccccc1n2-c1cc([Si](C)(C)C)ccn1.[Pt]. The predicted octanol–water partition coefficient (Wildman–Crippen LogP) is 13.4. The van der Waals surface area contributed by atoms with Crippen molar-refractivity contribution < 1.29 is 21.1 Å². The van der Waals surface area contributed by atoms with Gasteiger partial charge in [0.2, 0.25) is 0 Å². The summed E-state index contributed by atoms with van der Waals surface area (Å²) in [7, 11) is -1.57. The van der Waals surface area contributed by atoms with Gasteiger partial charge in [0.05, 0.1) is 8.07 Å². The van der Waals surface area contributed by atoms with E-state index in [-0.39, 0.29) is 21.1 Å². The Kier molecular flexibility index (Phi) is 10.2. The molecule has 1 aliphatic rings. The van der Waals surface area contributed by atoms with Gasteiger partial charge in [-0.05, 0) is 52.3 Å². The number of hydrogen-bond acceptors (Lipinski definition) is 3. The van der Waals surface area contributed by atoms with E-state index < -0.39 is 13.5 Å². The number of nitrogens with zero attached hydrogens (tertiary/aromatic N) is 4. The fourth-order valence-electron chi connectivity index (χ4n) is 8.60. The molecule has 0 unspecified atom stereocenters. The van der Waals surface area contributed by atoms with E-state index in [1.165, 1.54) is 38.2 Å². The maximum atomic E-state index is 4.94. The quantitative estimate of drug-likeness (QED) is 0.112. The topological polar surface area (TPSA) is 24.3 Å². The largest absolute Gasteiger partial charge is 0.493 e. The third kappa shape index (κ3) is 6.80. The molecule has 7 aromatic carbocycles. The normalized spacial score (nSPS) is 12.8. The first-order chi connectivity index (χ1) is 28.7. The van der Waals surface area contributed by atoms with Crippen molar-refractivity contribution in [1.29, 1.82) is 0 Å². The van der Waals surface area contributed by atoms with E-state index in [9.17, 15) is 0 Å². The standard InChI is InChI=1S/C54H45N4Si.Pt/c1-54(2,41-30-31-47-46-24-12-13-27-48(46)58(51(47)35-41)52-36-43(32-33-55-52)59(3,4)5)40-22-16-23-42(34-40)56-37-57(50-29-15-14-28-49(50)56)53-44(38-18-8-6-9-19-38)25-17-26-45(53)39-20-10-7-11-21-39;/h6-33,36-37H,1-5H3;/q-3;. The molecule has 0 amide bonds. The fourth-order valence-corrected chi connectivity index (χ4v) is 9.73. The van der Waals surface area contributed by atoms with Crippen molar-refractivity contribution in [1.82, 2.24) is 9.55 Å².